The number of aryl methyl sites for hydroxylation is 1. The molecule has 0 aliphatic rings. The summed E-state index contributed by atoms with van der Waals surface area (Å²) in [5.41, 5.74) is 5.09. The summed E-state index contributed by atoms with van der Waals surface area (Å²) < 4.78 is 0. The van der Waals surface area contributed by atoms with Gasteiger partial charge < -0.3 is 0 Å². The molecule has 0 aliphatic heterocycles. The summed E-state index contributed by atoms with van der Waals surface area (Å²) in [6.07, 6.45) is 1.02. The molecule has 0 amide bonds. The van der Waals surface area contributed by atoms with E-state index in [1.54, 1.807) is 0 Å². The van der Waals surface area contributed by atoms with Crippen LogP contribution in [-0.4, -0.2) is 0 Å². The van der Waals surface area contributed by atoms with Gasteiger partial charge in [-0.15, -0.1) is 11.6 Å². The molecule has 0 N–H and O–H groups in total. The van der Waals surface area contributed by atoms with Crippen molar-refractivity contribution in [2.24, 2.45) is 0 Å². The van der Waals surface area contributed by atoms with E-state index in [2.05, 4.69) is 69.3 Å². The van der Waals surface area contributed by atoms with Crippen LogP contribution < -0.4 is 0 Å². The van der Waals surface area contributed by atoms with Crippen molar-refractivity contribution in [2.75, 3.05) is 0 Å². The third-order valence-corrected chi connectivity index (χ3v) is 4.09. The predicted molar refractivity (Wildman–Crippen MR) is 84.0 cm³/mol. The first-order valence-corrected chi connectivity index (χ1v) is 7.38. The zero-order chi connectivity index (χ0) is 13.8. The predicted octanol–water partition coefficient (Wildman–Crippen LogP) is 5.70. The fourth-order valence-electron chi connectivity index (χ4n) is 2.33. The van der Waals surface area contributed by atoms with Gasteiger partial charge in [0.25, 0.3) is 0 Å². The molecule has 1 atom stereocenters. The summed E-state index contributed by atoms with van der Waals surface area (Å²) in [6, 6.07) is 17.1. The van der Waals surface area contributed by atoms with Crippen molar-refractivity contribution in [1.82, 2.24) is 0 Å². The summed E-state index contributed by atoms with van der Waals surface area (Å²) in [6.45, 7) is 6.59. The Morgan fingerprint density at radius 3 is 2.05 bits per heavy atom. The molecule has 0 fully saturated rings. The molecule has 0 radical (unpaired) electrons. The molecule has 0 saturated heterocycles. The van der Waals surface area contributed by atoms with E-state index >= 15 is 0 Å². The topological polar surface area (TPSA) is 0 Å². The Morgan fingerprint density at radius 1 is 0.895 bits per heavy atom. The maximum Gasteiger partial charge on any atom is 0.0838 e. The quantitative estimate of drug-likeness (QED) is 0.626. The van der Waals surface area contributed by atoms with Gasteiger partial charge in [-0.3, -0.25) is 0 Å². The highest BCUT2D eigenvalue weighted by atomic mass is 35.5. The molecular weight excluding hydrogens is 252 g/mol. The summed E-state index contributed by atoms with van der Waals surface area (Å²) >= 11 is 6.65. The van der Waals surface area contributed by atoms with E-state index in [0.717, 1.165) is 6.42 Å². The van der Waals surface area contributed by atoms with Gasteiger partial charge in [-0.05, 0) is 34.6 Å². The Morgan fingerprint density at radius 2 is 1.47 bits per heavy atom. The summed E-state index contributed by atoms with van der Waals surface area (Å²) in [5.74, 6) is 0.561. The third-order valence-electron chi connectivity index (χ3n) is 3.60. The first-order chi connectivity index (χ1) is 9.13. The highest BCUT2D eigenvalue weighted by Crippen LogP contribution is 2.32. The largest absolute Gasteiger partial charge is 0.113 e. The Kier molecular flexibility index (Phi) is 4.66. The molecule has 19 heavy (non-hydrogen) atoms. The molecule has 0 spiro atoms. The minimum absolute atomic E-state index is 0.0580. The monoisotopic (exact) mass is 272 g/mol. The SMILES string of the molecule is CCc1ccccc1C(Cl)c1ccc(C(C)C)cc1. The maximum atomic E-state index is 6.65. The van der Waals surface area contributed by atoms with Crippen LogP contribution in [0.25, 0.3) is 0 Å². The number of alkyl halides is 1. The van der Waals surface area contributed by atoms with Gasteiger partial charge in [-0.25, -0.2) is 0 Å². The summed E-state index contributed by atoms with van der Waals surface area (Å²) in [4.78, 5) is 0. The van der Waals surface area contributed by atoms with Gasteiger partial charge in [0.15, 0.2) is 0 Å². The molecule has 0 aromatic heterocycles. The van der Waals surface area contributed by atoms with Crippen molar-refractivity contribution >= 4 is 11.6 Å². The maximum absolute atomic E-state index is 6.65. The molecule has 2 rings (SSSR count). The molecule has 0 bridgehead atoms. The molecule has 0 saturated carbocycles. The van der Waals surface area contributed by atoms with E-state index in [1.165, 1.54) is 22.3 Å². The Bertz CT molecular complexity index is 526. The van der Waals surface area contributed by atoms with Gasteiger partial charge in [0.1, 0.15) is 0 Å². The molecule has 0 aliphatic carbocycles. The minimum Gasteiger partial charge on any atom is -0.113 e. The highest BCUT2D eigenvalue weighted by Gasteiger charge is 2.13. The summed E-state index contributed by atoms with van der Waals surface area (Å²) in [5, 5.41) is -0.0580. The second-order valence-corrected chi connectivity index (χ2v) is 5.67. The van der Waals surface area contributed by atoms with Gasteiger partial charge in [0.05, 0.1) is 5.38 Å². The summed E-state index contributed by atoms with van der Waals surface area (Å²) in [7, 11) is 0. The van der Waals surface area contributed by atoms with Crippen LogP contribution in [0.3, 0.4) is 0 Å². The van der Waals surface area contributed by atoms with Crippen LogP contribution in [0.4, 0.5) is 0 Å². The zero-order valence-electron chi connectivity index (χ0n) is 11.9. The van der Waals surface area contributed by atoms with E-state index in [0.29, 0.717) is 5.92 Å². The molecule has 2 aromatic carbocycles. The first-order valence-electron chi connectivity index (χ1n) is 6.95. The van der Waals surface area contributed by atoms with Gasteiger partial charge in [0, 0.05) is 0 Å². The number of hydrogen-bond acceptors (Lipinski definition) is 0. The Balaban J connectivity index is 2.30. The van der Waals surface area contributed by atoms with Crippen LogP contribution in [0.5, 0.6) is 0 Å². The Hall–Kier alpha value is -1.27. The standard InChI is InChI=1S/C18H21Cl/c1-4-14-7-5-6-8-17(14)18(19)16-11-9-15(10-12-16)13(2)3/h5-13,18H,4H2,1-3H3. The minimum atomic E-state index is -0.0580. The van der Waals surface area contributed by atoms with Gasteiger partial charge in [-0.1, -0.05) is 69.3 Å². The third kappa shape index (κ3) is 3.19. The van der Waals surface area contributed by atoms with Crippen LogP contribution in [0.15, 0.2) is 48.5 Å². The smallest absolute Gasteiger partial charge is 0.0838 e. The molecular formula is C18H21Cl. The fourth-order valence-corrected chi connectivity index (χ4v) is 2.69. The average Bonchev–Trinajstić information content (AvgIpc) is 2.46. The van der Waals surface area contributed by atoms with Crippen molar-refractivity contribution in [3.05, 3.63) is 70.8 Å². The number of halogens is 1. The Labute approximate surface area is 121 Å². The van der Waals surface area contributed by atoms with Crippen molar-refractivity contribution in [1.29, 1.82) is 0 Å². The first kappa shape index (κ1) is 14.1. The van der Waals surface area contributed by atoms with Gasteiger partial charge >= 0.3 is 0 Å². The zero-order valence-corrected chi connectivity index (χ0v) is 12.6. The highest BCUT2D eigenvalue weighted by molar-refractivity contribution is 6.22. The van der Waals surface area contributed by atoms with E-state index in [1.807, 2.05) is 0 Å². The second-order valence-electron chi connectivity index (χ2n) is 5.24. The van der Waals surface area contributed by atoms with E-state index in [-0.39, 0.29) is 5.38 Å². The molecule has 1 heteroatoms. The molecule has 2 aromatic rings. The lowest BCUT2D eigenvalue weighted by Gasteiger charge is -2.15. The molecule has 1 unspecified atom stereocenters. The van der Waals surface area contributed by atoms with Crippen molar-refractivity contribution in [3.63, 3.8) is 0 Å². The van der Waals surface area contributed by atoms with E-state index < -0.39 is 0 Å². The van der Waals surface area contributed by atoms with Crippen molar-refractivity contribution < 1.29 is 0 Å². The molecule has 0 nitrogen and oxygen atoms in total. The number of rotatable bonds is 4. The second kappa shape index (κ2) is 6.25. The van der Waals surface area contributed by atoms with E-state index in [9.17, 15) is 0 Å². The van der Waals surface area contributed by atoms with E-state index in [4.69, 9.17) is 11.6 Å². The lowest BCUT2D eigenvalue weighted by atomic mass is 9.95. The lowest BCUT2D eigenvalue weighted by Crippen LogP contribution is -1.98. The van der Waals surface area contributed by atoms with Crippen molar-refractivity contribution in [2.45, 2.75) is 38.5 Å². The van der Waals surface area contributed by atoms with Crippen LogP contribution in [0.2, 0.25) is 0 Å². The van der Waals surface area contributed by atoms with Crippen LogP contribution >= 0.6 is 11.6 Å². The van der Waals surface area contributed by atoms with Crippen LogP contribution in [-0.2, 0) is 6.42 Å². The van der Waals surface area contributed by atoms with Crippen LogP contribution in [0.1, 0.15) is 54.3 Å². The fraction of sp³-hybridized carbons (Fsp3) is 0.333. The van der Waals surface area contributed by atoms with Crippen LogP contribution in [0, 0.1) is 0 Å². The van der Waals surface area contributed by atoms with Gasteiger partial charge in [-0.2, -0.15) is 0 Å². The molecule has 100 valence electrons. The number of hydrogen-bond donors (Lipinski definition) is 0. The molecule has 0 heterocycles. The van der Waals surface area contributed by atoms with Crippen molar-refractivity contribution in [3.8, 4) is 0 Å². The normalized spacial score (nSPS) is 12.7. The lowest BCUT2D eigenvalue weighted by molar-refractivity contribution is 0.865. The average molecular weight is 273 g/mol. The van der Waals surface area contributed by atoms with Gasteiger partial charge in [0.2, 0.25) is 0 Å². The number of benzene rings is 2.